The molecule has 0 radical (unpaired) electrons. The highest BCUT2D eigenvalue weighted by atomic mass is 35.5. The van der Waals surface area contributed by atoms with Crippen LogP contribution in [0.3, 0.4) is 0 Å². The van der Waals surface area contributed by atoms with Crippen molar-refractivity contribution in [3.63, 3.8) is 0 Å². The van der Waals surface area contributed by atoms with Crippen molar-refractivity contribution in [3.05, 3.63) is 53.5 Å². The highest BCUT2D eigenvalue weighted by molar-refractivity contribution is 6.17. The first-order chi connectivity index (χ1) is 9.15. The monoisotopic (exact) mass is 278 g/mol. The third-order valence-corrected chi connectivity index (χ3v) is 3.26. The molecule has 1 heterocycles. The van der Waals surface area contributed by atoms with Crippen LogP contribution in [0.2, 0.25) is 0 Å². The fraction of sp³-hybridized carbons (Fsp3) is 0.267. The molecular weight excluding hydrogens is 263 g/mol. The molecule has 0 N–H and O–H groups in total. The van der Waals surface area contributed by atoms with Crippen LogP contribution in [0.4, 0.5) is 15.9 Å². The second kappa shape index (κ2) is 6.02. The topological polar surface area (TPSA) is 16.1 Å². The largest absolute Gasteiger partial charge is 0.326 e. The first-order valence-corrected chi connectivity index (χ1v) is 6.73. The van der Waals surface area contributed by atoms with Crippen LogP contribution in [-0.2, 0) is 5.88 Å². The summed E-state index contributed by atoms with van der Waals surface area (Å²) in [5.74, 6) is 1.04. The molecule has 0 aliphatic carbocycles. The summed E-state index contributed by atoms with van der Waals surface area (Å²) in [5.41, 5.74) is 2.82. The number of hydrogen-bond acceptors (Lipinski definition) is 2. The van der Waals surface area contributed by atoms with Crippen molar-refractivity contribution in [2.45, 2.75) is 19.7 Å². The molecule has 0 aliphatic rings. The smallest absolute Gasteiger partial charge is 0.135 e. The van der Waals surface area contributed by atoms with E-state index in [9.17, 15) is 4.39 Å². The summed E-state index contributed by atoms with van der Waals surface area (Å²) in [7, 11) is 0. The molecule has 19 heavy (non-hydrogen) atoms. The van der Waals surface area contributed by atoms with Gasteiger partial charge in [-0.1, -0.05) is 6.07 Å². The number of anilines is 2. The molecule has 0 bridgehead atoms. The molecule has 0 spiro atoms. The van der Waals surface area contributed by atoms with E-state index < -0.39 is 0 Å². The van der Waals surface area contributed by atoms with E-state index in [1.807, 2.05) is 30.9 Å². The van der Waals surface area contributed by atoms with Gasteiger partial charge in [0.1, 0.15) is 11.6 Å². The van der Waals surface area contributed by atoms with Crippen molar-refractivity contribution in [2.75, 3.05) is 11.4 Å². The molecule has 0 atom stereocenters. The van der Waals surface area contributed by atoms with E-state index in [1.54, 1.807) is 12.3 Å². The summed E-state index contributed by atoms with van der Waals surface area (Å²) in [6, 6.07) is 8.55. The zero-order valence-corrected chi connectivity index (χ0v) is 11.8. The number of nitrogens with zero attached hydrogens (tertiary/aromatic N) is 2. The van der Waals surface area contributed by atoms with Gasteiger partial charge in [0.15, 0.2) is 0 Å². The number of hydrogen-bond donors (Lipinski definition) is 0. The molecule has 0 saturated heterocycles. The van der Waals surface area contributed by atoms with Gasteiger partial charge in [0.25, 0.3) is 0 Å². The Kier molecular flexibility index (Phi) is 4.38. The Balaban J connectivity index is 2.42. The minimum Gasteiger partial charge on any atom is -0.326 e. The molecule has 0 saturated carbocycles. The summed E-state index contributed by atoms with van der Waals surface area (Å²) in [4.78, 5) is 6.43. The van der Waals surface area contributed by atoms with E-state index in [4.69, 9.17) is 11.6 Å². The van der Waals surface area contributed by atoms with Gasteiger partial charge >= 0.3 is 0 Å². The molecule has 2 nitrogen and oxygen atoms in total. The summed E-state index contributed by atoms with van der Waals surface area (Å²) in [6.07, 6.45) is 1.76. The third kappa shape index (κ3) is 3.04. The molecule has 0 unspecified atom stereocenters. The zero-order valence-electron chi connectivity index (χ0n) is 11.0. The normalized spacial score (nSPS) is 10.5. The van der Waals surface area contributed by atoms with Crippen LogP contribution in [-0.4, -0.2) is 11.5 Å². The second-order valence-corrected chi connectivity index (χ2v) is 4.61. The minimum absolute atomic E-state index is 0.244. The van der Waals surface area contributed by atoms with Crippen LogP contribution < -0.4 is 4.90 Å². The van der Waals surface area contributed by atoms with Gasteiger partial charge < -0.3 is 4.90 Å². The molecule has 2 aromatic rings. The summed E-state index contributed by atoms with van der Waals surface area (Å²) in [5, 5.41) is 0. The number of benzene rings is 1. The van der Waals surface area contributed by atoms with E-state index in [-0.39, 0.29) is 5.82 Å². The van der Waals surface area contributed by atoms with Crippen LogP contribution in [0.1, 0.15) is 18.1 Å². The average Bonchev–Trinajstić information content (AvgIpc) is 2.41. The van der Waals surface area contributed by atoms with Gasteiger partial charge in [0, 0.05) is 24.3 Å². The second-order valence-electron chi connectivity index (χ2n) is 4.34. The lowest BCUT2D eigenvalue weighted by molar-refractivity contribution is 0.627. The molecule has 1 aromatic carbocycles. The summed E-state index contributed by atoms with van der Waals surface area (Å²) >= 11 is 5.80. The van der Waals surface area contributed by atoms with Crippen LogP contribution in [0.15, 0.2) is 36.5 Å². The molecule has 2 rings (SSSR count). The maximum atomic E-state index is 13.3. The van der Waals surface area contributed by atoms with Gasteiger partial charge in [0.2, 0.25) is 0 Å². The van der Waals surface area contributed by atoms with Crippen molar-refractivity contribution in [3.8, 4) is 0 Å². The lowest BCUT2D eigenvalue weighted by Crippen LogP contribution is -2.18. The fourth-order valence-electron chi connectivity index (χ4n) is 2.08. The minimum atomic E-state index is -0.244. The number of pyridine rings is 1. The van der Waals surface area contributed by atoms with Gasteiger partial charge in [-0.3, -0.25) is 0 Å². The van der Waals surface area contributed by atoms with Gasteiger partial charge in [-0.2, -0.15) is 0 Å². The quantitative estimate of drug-likeness (QED) is 0.769. The molecule has 0 aliphatic heterocycles. The molecule has 1 aromatic heterocycles. The Morgan fingerprint density at radius 3 is 2.68 bits per heavy atom. The van der Waals surface area contributed by atoms with Gasteiger partial charge in [-0.25, -0.2) is 9.37 Å². The lowest BCUT2D eigenvalue weighted by atomic mass is 10.2. The first kappa shape index (κ1) is 13.8. The predicted octanol–water partition coefficient (Wildman–Crippen LogP) is 4.43. The number of aryl methyl sites for hydroxylation is 1. The van der Waals surface area contributed by atoms with E-state index in [0.717, 1.165) is 29.2 Å². The number of aromatic nitrogens is 1. The Hall–Kier alpha value is -1.61. The van der Waals surface area contributed by atoms with Crippen molar-refractivity contribution in [1.82, 2.24) is 4.98 Å². The Labute approximate surface area is 117 Å². The zero-order chi connectivity index (χ0) is 13.8. The fourth-order valence-corrected chi connectivity index (χ4v) is 2.23. The van der Waals surface area contributed by atoms with Crippen LogP contribution in [0.25, 0.3) is 0 Å². The van der Waals surface area contributed by atoms with E-state index in [2.05, 4.69) is 4.98 Å². The average molecular weight is 279 g/mol. The highest BCUT2D eigenvalue weighted by Crippen LogP contribution is 2.27. The summed E-state index contributed by atoms with van der Waals surface area (Å²) < 4.78 is 13.3. The van der Waals surface area contributed by atoms with Gasteiger partial charge in [0.05, 0.1) is 0 Å². The van der Waals surface area contributed by atoms with Crippen LogP contribution in [0, 0.1) is 12.7 Å². The Morgan fingerprint density at radius 2 is 2.11 bits per heavy atom. The number of rotatable bonds is 4. The molecule has 0 amide bonds. The maximum absolute atomic E-state index is 13.3. The van der Waals surface area contributed by atoms with Gasteiger partial charge in [-0.05, 0) is 49.2 Å². The molecular formula is C15H16ClFN2. The van der Waals surface area contributed by atoms with E-state index in [0.29, 0.717) is 5.88 Å². The lowest BCUT2D eigenvalue weighted by Gasteiger charge is -2.24. The van der Waals surface area contributed by atoms with E-state index in [1.165, 1.54) is 12.1 Å². The highest BCUT2D eigenvalue weighted by Gasteiger charge is 2.12. The first-order valence-electron chi connectivity index (χ1n) is 6.20. The molecule has 0 fully saturated rings. The third-order valence-electron chi connectivity index (χ3n) is 2.95. The SMILES string of the molecule is CCN(c1cccc(F)c1)c1ncc(CCl)cc1C. The Bertz CT molecular complexity index is 572. The number of alkyl halides is 1. The van der Waals surface area contributed by atoms with Gasteiger partial charge in [-0.15, -0.1) is 11.6 Å². The molecule has 4 heteroatoms. The van der Waals surface area contributed by atoms with Crippen molar-refractivity contribution < 1.29 is 4.39 Å². The van der Waals surface area contributed by atoms with Crippen molar-refractivity contribution in [2.24, 2.45) is 0 Å². The number of halogens is 2. The summed E-state index contributed by atoms with van der Waals surface area (Å²) in [6.45, 7) is 4.72. The predicted molar refractivity (Wildman–Crippen MR) is 77.6 cm³/mol. The molecule has 100 valence electrons. The van der Waals surface area contributed by atoms with E-state index >= 15 is 0 Å². The van der Waals surface area contributed by atoms with Crippen LogP contribution >= 0.6 is 11.6 Å². The van der Waals surface area contributed by atoms with Crippen molar-refractivity contribution in [1.29, 1.82) is 0 Å². The Morgan fingerprint density at radius 1 is 1.32 bits per heavy atom. The standard InChI is InChI=1S/C15H16ClFN2/c1-3-19(14-6-4-5-13(17)8-14)15-11(2)7-12(9-16)10-18-15/h4-8,10H,3,9H2,1-2H3. The van der Waals surface area contributed by atoms with Crippen LogP contribution in [0.5, 0.6) is 0 Å². The van der Waals surface area contributed by atoms with Crippen molar-refractivity contribution >= 4 is 23.1 Å². The maximum Gasteiger partial charge on any atom is 0.135 e.